The first kappa shape index (κ1) is 56.2. The number of nitrogens with two attached hydrogens (primary N) is 3. The number of nitrogens with zero attached hydrogens (tertiary/aromatic N) is 10. The second kappa shape index (κ2) is 22.1. The van der Waals surface area contributed by atoms with E-state index in [0.717, 1.165) is 15.5 Å². The molecule has 0 spiro atoms. The van der Waals surface area contributed by atoms with Crippen molar-refractivity contribution in [1.29, 1.82) is 0 Å². The molecule has 4 aliphatic heterocycles. The first-order valence-electron chi connectivity index (χ1n) is 23.6. The van der Waals surface area contributed by atoms with Crippen molar-refractivity contribution < 1.29 is 84.7 Å². The maximum absolute atomic E-state index is 13.9. The molecule has 428 valence electrons. The molecular formula is C39H50N15O22P3. The number of aryl methyl sites for hydroxylation is 1. The molecule has 40 heteroatoms. The Bertz CT molecular complexity index is 3650. The monoisotopic (exact) mass is 1170 g/mol. The van der Waals surface area contributed by atoms with Gasteiger partial charge in [-0.25, -0.2) is 43.2 Å². The number of nitrogen functional groups attached to an aromatic ring is 3. The molecule has 6 aromatic rings. The summed E-state index contributed by atoms with van der Waals surface area (Å²) in [6.07, 6.45) is -11.0. The van der Waals surface area contributed by atoms with E-state index in [1.54, 1.807) is 0 Å². The summed E-state index contributed by atoms with van der Waals surface area (Å²) in [7, 11) is -15.7. The molecular weight excluding hydrogens is 1120 g/mol. The summed E-state index contributed by atoms with van der Waals surface area (Å²) in [5, 5.41) is 20.9. The van der Waals surface area contributed by atoms with Crippen LogP contribution >= 0.6 is 23.5 Å². The van der Waals surface area contributed by atoms with Crippen molar-refractivity contribution in [3.8, 4) is 0 Å². The molecule has 79 heavy (non-hydrogen) atoms. The van der Waals surface area contributed by atoms with E-state index in [0.29, 0.717) is 0 Å². The minimum atomic E-state index is -5.38. The van der Waals surface area contributed by atoms with Crippen LogP contribution < -0.4 is 39.7 Å². The van der Waals surface area contributed by atoms with E-state index in [1.165, 1.54) is 47.2 Å². The van der Waals surface area contributed by atoms with Gasteiger partial charge in [-0.2, -0.15) is 9.97 Å². The molecule has 3 unspecified atom stereocenters. The molecule has 4 saturated heterocycles. The van der Waals surface area contributed by atoms with Crippen molar-refractivity contribution in [2.24, 2.45) is 0 Å². The summed E-state index contributed by atoms with van der Waals surface area (Å²) < 4.78 is 102. The maximum Gasteiger partial charge on any atom is 0.472 e. The zero-order valence-corrected chi connectivity index (χ0v) is 43.5. The molecule has 37 nitrogen and oxygen atoms in total. The van der Waals surface area contributed by atoms with Crippen LogP contribution in [0.3, 0.4) is 0 Å². The Morgan fingerprint density at radius 2 is 1.16 bits per heavy atom. The lowest BCUT2D eigenvalue weighted by Gasteiger charge is -2.25. The number of rotatable bonds is 20. The van der Waals surface area contributed by atoms with Gasteiger partial charge in [-0.3, -0.25) is 65.0 Å². The van der Waals surface area contributed by atoms with Crippen molar-refractivity contribution in [1.82, 2.24) is 58.1 Å². The fourth-order valence-corrected chi connectivity index (χ4v) is 12.1. The zero-order chi connectivity index (χ0) is 56.3. The van der Waals surface area contributed by atoms with Crippen LogP contribution in [-0.2, 0) is 59.8 Å². The minimum Gasteiger partial charge on any atom is -0.394 e. The van der Waals surface area contributed by atoms with Gasteiger partial charge in [0, 0.05) is 43.6 Å². The lowest BCUT2D eigenvalue weighted by molar-refractivity contribution is -0.0632. The minimum absolute atomic E-state index is 0.0805. The van der Waals surface area contributed by atoms with Crippen molar-refractivity contribution >= 4 is 63.4 Å². The summed E-state index contributed by atoms with van der Waals surface area (Å²) in [6, 6.07) is 1.25. The highest BCUT2D eigenvalue weighted by Crippen LogP contribution is 2.54. The number of phosphoric acid groups is 3. The predicted octanol–water partition coefficient (Wildman–Crippen LogP) is -2.17. The van der Waals surface area contributed by atoms with Crippen LogP contribution in [0.1, 0.15) is 56.2 Å². The van der Waals surface area contributed by atoms with Gasteiger partial charge >= 0.3 is 34.8 Å². The molecule has 10 rings (SSSR count). The number of aliphatic hydroxyl groups excluding tert-OH is 2. The van der Waals surface area contributed by atoms with Crippen molar-refractivity contribution in [3.63, 3.8) is 0 Å². The van der Waals surface area contributed by atoms with E-state index in [2.05, 4.69) is 39.9 Å². The van der Waals surface area contributed by atoms with Gasteiger partial charge in [0.25, 0.3) is 11.1 Å². The van der Waals surface area contributed by atoms with Crippen molar-refractivity contribution in [2.75, 3.05) is 43.6 Å². The number of aromatic amines is 2. The molecule has 6 aromatic heterocycles. The van der Waals surface area contributed by atoms with Crippen LogP contribution in [0, 0.1) is 6.92 Å². The van der Waals surface area contributed by atoms with Crippen LogP contribution in [0.4, 0.5) is 17.6 Å². The van der Waals surface area contributed by atoms with Crippen molar-refractivity contribution in [2.45, 2.75) is 106 Å². The number of aliphatic hydroxyl groups is 2. The summed E-state index contributed by atoms with van der Waals surface area (Å²) in [5.74, 6) is -0.376. The Morgan fingerprint density at radius 1 is 0.646 bits per heavy atom. The normalized spacial score (nSPS) is 29.5. The topological polar surface area (TPSA) is 520 Å². The van der Waals surface area contributed by atoms with E-state index in [-0.39, 0.29) is 64.7 Å². The van der Waals surface area contributed by atoms with E-state index >= 15 is 0 Å². The molecule has 15 atom stereocenters. The third-order valence-electron chi connectivity index (χ3n) is 13.0. The van der Waals surface area contributed by atoms with Crippen LogP contribution in [-0.4, -0.2) is 158 Å². The number of hydrogen-bond acceptors (Lipinski definition) is 28. The van der Waals surface area contributed by atoms with E-state index < -0.39 is 153 Å². The molecule has 4 fully saturated rings. The molecule has 0 bridgehead atoms. The molecule has 0 aliphatic carbocycles. The Labute approximate surface area is 439 Å². The molecule has 13 N–H and O–H groups in total. The van der Waals surface area contributed by atoms with Gasteiger partial charge in [-0.1, -0.05) is 0 Å². The second-order valence-corrected chi connectivity index (χ2v) is 22.5. The fourth-order valence-electron chi connectivity index (χ4n) is 9.23. The Morgan fingerprint density at radius 3 is 1.76 bits per heavy atom. The van der Waals surface area contributed by atoms with Gasteiger partial charge in [0.15, 0.2) is 22.6 Å². The van der Waals surface area contributed by atoms with E-state index in [4.69, 9.17) is 63.3 Å². The molecule has 0 saturated carbocycles. The highest BCUT2D eigenvalue weighted by atomic mass is 31.2. The Kier molecular flexibility index (Phi) is 15.7. The fraction of sp³-hybridized carbons (Fsp3) is 0.538. The summed E-state index contributed by atoms with van der Waals surface area (Å²) in [5.41, 5.74) is 14.7. The van der Waals surface area contributed by atoms with E-state index in [1.807, 2.05) is 0 Å². The lowest BCUT2D eigenvalue weighted by atomic mass is 10.2. The van der Waals surface area contributed by atoms with Gasteiger partial charge in [0.05, 0.1) is 45.2 Å². The van der Waals surface area contributed by atoms with Crippen molar-refractivity contribution in [3.05, 3.63) is 84.7 Å². The summed E-state index contributed by atoms with van der Waals surface area (Å²) in [4.78, 5) is 112. The number of anilines is 3. The summed E-state index contributed by atoms with van der Waals surface area (Å²) >= 11 is 0. The number of aromatic nitrogens is 12. The number of imidazole rings is 2. The average Bonchev–Trinajstić information content (AvgIpc) is 4.47. The molecule has 0 aromatic carbocycles. The number of H-pyrrole nitrogens is 2. The number of hydrogen-bond donors (Lipinski definition) is 10. The first-order chi connectivity index (χ1) is 37.4. The number of nitrogens with one attached hydrogen (secondary N) is 2. The van der Waals surface area contributed by atoms with Gasteiger partial charge < -0.3 is 61.0 Å². The van der Waals surface area contributed by atoms with E-state index in [9.17, 15) is 57.8 Å². The smallest absolute Gasteiger partial charge is 0.394 e. The van der Waals surface area contributed by atoms with Crippen LogP contribution in [0.5, 0.6) is 0 Å². The maximum atomic E-state index is 13.9. The highest BCUT2D eigenvalue weighted by molar-refractivity contribution is 7.48. The van der Waals surface area contributed by atoms with Crippen LogP contribution in [0.15, 0.2) is 56.6 Å². The van der Waals surface area contributed by atoms with Gasteiger partial charge in [-0.15, -0.1) is 0 Å². The lowest BCUT2D eigenvalue weighted by Crippen LogP contribution is -2.33. The first-order valence-corrected chi connectivity index (χ1v) is 28.1. The average molecular weight is 1170 g/mol. The Hall–Kier alpha value is -6.05. The number of fused-ring (bicyclic) bond motifs is 2. The quantitative estimate of drug-likeness (QED) is 0.0364. The zero-order valence-electron chi connectivity index (χ0n) is 40.8. The van der Waals surface area contributed by atoms with Gasteiger partial charge in [-0.05, 0) is 13.0 Å². The SMILES string of the molecule is Cc1cn([C@H]2C[C@H](O)[C@@H](COP(=O)(O)O[C@H]3C[C@H](n4ccc(N)nc4=O)O[C@@H]3COP(=O)(O)O[C@H]3C[C@H](n4cnc5c(=O)[nH]c(N)nc54)O[C@@H]3COP(=O)(O)O[C@H]3C[C@H](n4cnc5c(N)ncnc54)O[C@@H]3CO)O2)c(=O)[nH]c1=O. The molecule has 0 radical (unpaired) electrons. The molecule has 10 heterocycles. The van der Waals surface area contributed by atoms with Crippen LogP contribution in [0.25, 0.3) is 22.3 Å². The Balaban J connectivity index is 0.830. The highest BCUT2D eigenvalue weighted by Gasteiger charge is 2.48. The largest absolute Gasteiger partial charge is 0.472 e. The summed E-state index contributed by atoms with van der Waals surface area (Å²) in [6.45, 7) is -1.87. The van der Waals surface area contributed by atoms with Crippen LogP contribution in [0.2, 0.25) is 0 Å². The third kappa shape index (κ3) is 12.2. The standard InChI is InChI=1S/C39H50N15O22P3/c1-16-8-52(39(60)50-35(16)57)26-4-17(56)22(71-26)10-67-77(61,62)75-19-6-27(51-3-2-25(40)47-38(51)59)72-23(19)11-69-79(65,66)76-20-7-29(54-15-46-31-34(54)48-37(42)49-36(31)58)73-24(20)12-68-78(63,64)74-18-5-28(70-21(18)9-55)53-14-45-30-32(41)43-13-44-33(30)53/h2-3,8,13-15,17-24,26-29,55-56H,4-7,9-12H2,1H3,(H,61,62)(H,63,64)(H,65,66)(H2,40,47,59)(H2,41,43,44)(H,50,57,60)(H3,42,48,49,58)/t17-,18-,19-,20-,21+,22+,23+,24+,26+,27+,28+,29+/m0/s1. The number of ether oxygens (including phenoxy) is 4. The molecule has 4 aliphatic rings. The second-order valence-electron chi connectivity index (χ2n) is 18.3. The third-order valence-corrected chi connectivity index (χ3v) is 16.1. The molecule has 0 amide bonds. The van der Waals surface area contributed by atoms with Gasteiger partial charge in [0.2, 0.25) is 5.95 Å². The number of phosphoric ester groups is 3. The van der Waals surface area contributed by atoms with Gasteiger partial charge in [0.1, 0.15) is 85.3 Å². The predicted molar refractivity (Wildman–Crippen MR) is 260 cm³/mol.